The number of phosphoric acid groups is 1. The quantitative estimate of drug-likeness (QED) is 0.276. The van der Waals surface area contributed by atoms with Crippen molar-refractivity contribution in [2.24, 2.45) is 0 Å². The van der Waals surface area contributed by atoms with Gasteiger partial charge in [0.1, 0.15) is 0 Å². The Labute approximate surface area is 164 Å². The van der Waals surface area contributed by atoms with Gasteiger partial charge in [-0.3, -0.25) is 4.79 Å². The first-order chi connectivity index (χ1) is 8.77. The molecule has 0 heterocycles. The minimum atomic E-state index is -4.64. The van der Waals surface area contributed by atoms with Crippen LogP contribution >= 0.6 is 7.82 Å². The van der Waals surface area contributed by atoms with Crippen molar-refractivity contribution in [2.75, 3.05) is 0 Å². The number of carboxylic acids is 1. The maximum atomic E-state index is 10.2. The second kappa shape index (κ2) is 18.3. The summed E-state index contributed by atoms with van der Waals surface area (Å²) in [7, 11) is -4.64. The van der Waals surface area contributed by atoms with E-state index in [1.807, 2.05) is 0 Å². The number of carbonyl (C=O) groups is 1. The molecule has 0 aliphatic carbocycles. The van der Waals surface area contributed by atoms with E-state index in [2.05, 4.69) is 6.92 Å². The van der Waals surface area contributed by atoms with E-state index in [4.69, 9.17) is 24.4 Å². The molecule has 118 valence electrons. The van der Waals surface area contributed by atoms with E-state index in [1.54, 1.807) is 0 Å². The third-order valence-corrected chi connectivity index (χ3v) is 2.49. The van der Waals surface area contributed by atoms with Crippen LogP contribution in [0.3, 0.4) is 0 Å². The van der Waals surface area contributed by atoms with Crippen LogP contribution in [0.25, 0.3) is 0 Å². The predicted molar refractivity (Wildman–Crippen MR) is 80.9 cm³/mol. The molecule has 0 aliphatic heterocycles. The van der Waals surface area contributed by atoms with Crippen molar-refractivity contribution < 1.29 is 29.1 Å². The van der Waals surface area contributed by atoms with E-state index >= 15 is 0 Å². The van der Waals surface area contributed by atoms with Gasteiger partial charge in [-0.05, 0) is 6.42 Å². The molecule has 0 saturated heterocycles. The average molecular weight is 338 g/mol. The van der Waals surface area contributed by atoms with Gasteiger partial charge in [0, 0.05) is 6.42 Å². The van der Waals surface area contributed by atoms with Crippen molar-refractivity contribution in [3.8, 4) is 0 Å². The molecule has 0 radical (unpaired) electrons. The fourth-order valence-electron chi connectivity index (χ4n) is 1.59. The average Bonchev–Trinajstić information content (AvgIpc) is 2.24. The Bertz CT molecular complexity index is 248. The van der Waals surface area contributed by atoms with Gasteiger partial charge in [-0.1, -0.05) is 58.3 Å². The van der Waals surface area contributed by atoms with Crippen LogP contribution in [0.2, 0.25) is 0 Å². The Balaban J connectivity index is -0.000000414. The molecular weight excluding hydrogens is 310 g/mol. The van der Waals surface area contributed by atoms with E-state index in [1.165, 1.54) is 44.9 Å². The van der Waals surface area contributed by atoms with Crippen molar-refractivity contribution in [2.45, 2.75) is 71.1 Å². The molecule has 0 amide bonds. The van der Waals surface area contributed by atoms with Crippen LogP contribution in [0.15, 0.2) is 0 Å². The summed E-state index contributed by atoms with van der Waals surface area (Å²) < 4.78 is 8.88. The Morgan fingerprint density at radius 2 is 1.15 bits per heavy atom. The van der Waals surface area contributed by atoms with Gasteiger partial charge in [0.2, 0.25) is 0 Å². The zero-order valence-electron chi connectivity index (χ0n) is 11.6. The number of rotatable bonds is 10. The van der Waals surface area contributed by atoms with Gasteiger partial charge in [0.25, 0.3) is 0 Å². The molecule has 0 spiro atoms. The Kier molecular flexibility index (Phi) is 23.9. The van der Waals surface area contributed by atoms with Gasteiger partial charge in [-0.25, -0.2) is 4.57 Å². The summed E-state index contributed by atoms with van der Waals surface area (Å²) in [6, 6.07) is 0. The van der Waals surface area contributed by atoms with Gasteiger partial charge in [0.15, 0.2) is 0 Å². The summed E-state index contributed by atoms with van der Waals surface area (Å²) in [4.78, 5) is 31.8. The zero-order valence-corrected chi connectivity index (χ0v) is 12.5. The number of hydrogen-bond acceptors (Lipinski definition) is 2. The first-order valence-corrected chi connectivity index (χ1v) is 8.34. The predicted octanol–water partition coefficient (Wildman–Crippen LogP) is 2.41. The van der Waals surface area contributed by atoms with Crippen molar-refractivity contribution in [3.05, 3.63) is 0 Å². The van der Waals surface area contributed by atoms with E-state index in [0.29, 0.717) is 6.42 Å². The molecule has 0 aromatic rings. The van der Waals surface area contributed by atoms with Crippen LogP contribution < -0.4 is 0 Å². The third kappa shape index (κ3) is 42.7. The Hall–Kier alpha value is 1.22. The van der Waals surface area contributed by atoms with Crippen LogP contribution in [0.1, 0.15) is 71.1 Å². The maximum absolute atomic E-state index is 10.2. The summed E-state index contributed by atoms with van der Waals surface area (Å²) in [6.45, 7) is 2.23. The second-order valence-electron chi connectivity index (χ2n) is 4.49. The summed E-state index contributed by atoms with van der Waals surface area (Å²) in [5.41, 5.74) is 0. The minimum absolute atomic E-state index is 0. The molecule has 0 atom stereocenters. The fourth-order valence-corrected chi connectivity index (χ4v) is 1.59. The molecule has 0 rings (SSSR count). The van der Waals surface area contributed by atoms with Crippen molar-refractivity contribution in [1.82, 2.24) is 0 Å². The monoisotopic (exact) mass is 338 g/mol. The van der Waals surface area contributed by atoms with E-state index in [9.17, 15) is 4.79 Å². The number of hydrogen-bond donors (Lipinski definition) is 4. The number of carboxylic acid groups (broad SMARTS) is 1. The van der Waals surface area contributed by atoms with E-state index in [-0.39, 0.29) is 51.4 Å². The third-order valence-electron chi connectivity index (χ3n) is 2.49. The topological polar surface area (TPSA) is 115 Å². The molecule has 0 unspecified atom stereocenters. The van der Waals surface area contributed by atoms with Crippen LogP contribution in [0.5, 0.6) is 0 Å². The van der Waals surface area contributed by atoms with E-state index < -0.39 is 13.8 Å². The van der Waals surface area contributed by atoms with Gasteiger partial charge >= 0.3 is 65.2 Å². The molecule has 0 aromatic heterocycles. The standard InChI is InChI=1S/C12H24O2.K.H3O4P.H/c1-2-3-4-5-6-7-8-9-10-11-12(13)14;;1-5(2,3)4;/h2-11H2,1H3,(H,13,14);;(H3,1,2,3,4);. The normalized spacial score (nSPS) is 10.2. The molecule has 0 bridgehead atoms. The molecule has 20 heavy (non-hydrogen) atoms. The number of aliphatic carboxylic acids is 1. The zero-order chi connectivity index (χ0) is 15.1. The Morgan fingerprint density at radius 3 is 1.45 bits per heavy atom. The first kappa shape index (κ1) is 26.1. The molecular formula is C12H28KO6P. The SMILES string of the molecule is CCCCCCCCCCCC(=O)O.O=P(O)(O)O.[KH]. The molecule has 4 N–H and O–H groups in total. The molecule has 0 saturated carbocycles. The first-order valence-electron chi connectivity index (χ1n) is 6.77. The van der Waals surface area contributed by atoms with Crippen LogP contribution in [0.4, 0.5) is 0 Å². The van der Waals surface area contributed by atoms with Crippen LogP contribution in [0, 0.1) is 0 Å². The molecule has 0 aliphatic rings. The van der Waals surface area contributed by atoms with Gasteiger partial charge < -0.3 is 19.8 Å². The van der Waals surface area contributed by atoms with Gasteiger partial charge in [-0.15, -0.1) is 0 Å². The summed E-state index contributed by atoms with van der Waals surface area (Å²) >= 11 is 0. The van der Waals surface area contributed by atoms with Gasteiger partial charge in [-0.2, -0.15) is 0 Å². The van der Waals surface area contributed by atoms with Gasteiger partial charge in [0.05, 0.1) is 0 Å². The van der Waals surface area contributed by atoms with Crippen LogP contribution in [-0.4, -0.2) is 77.1 Å². The van der Waals surface area contributed by atoms with Crippen molar-refractivity contribution in [1.29, 1.82) is 0 Å². The summed E-state index contributed by atoms with van der Waals surface area (Å²) in [5.74, 6) is -0.659. The van der Waals surface area contributed by atoms with Crippen LogP contribution in [-0.2, 0) is 9.36 Å². The van der Waals surface area contributed by atoms with Crippen molar-refractivity contribution in [3.63, 3.8) is 0 Å². The van der Waals surface area contributed by atoms with E-state index in [0.717, 1.165) is 12.8 Å². The Morgan fingerprint density at radius 1 is 0.850 bits per heavy atom. The molecule has 8 heteroatoms. The molecule has 0 fully saturated rings. The number of unbranched alkanes of at least 4 members (excludes halogenated alkanes) is 8. The van der Waals surface area contributed by atoms with Crippen molar-refractivity contribution >= 4 is 65.2 Å². The summed E-state index contributed by atoms with van der Waals surface area (Å²) in [6.07, 6.45) is 11.5. The molecule has 0 aromatic carbocycles. The fraction of sp³-hybridized carbons (Fsp3) is 0.917. The second-order valence-corrected chi connectivity index (χ2v) is 5.51. The summed E-state index contributed by atoms with van der Waals surface area (Å²) in [5, 5.41) is 8.41. The molecule has 6 nitrogen and oxygen atoms in total.